The fraction of sp³-hybridized carbons (Fsp3) is 0.385. The Hall–Kier alpha value is -2.64. The molecule has 0 fully saturated rings. The Morgan fingerprint density at radius 1 is 1.48 bits per heavy atom. The standard InChI is InChI=1S/C13H17N5O3/c1-8-10(6-16-18(8)2)12(19)17-11(13(20)21-3)4-9-5-14-7-15-9/h5-7,11H,4H2,1-3H3,(H,14,15)(H,17,19)/t11-/m0/s1. The minimum atomic E-state index is -0.789. The van der Waals surface area contributed by atoms with Gasteiger partial charge in [0.15, 0.2) is 0 Å². The highest BCUT2D eigenvalue weighted by Crippen LogP contribution is 2.07. The Labute approximate surface area is 121 Å². The third-order valence-corrected chi connectivity index (χ3v) is 3.25. The number of hydrogen-bond donors (Lipinski definition) is 2. The summed E-state index contributed by atoms with van der Waals surface area (Å²) in [5.41, 5.74) is 1.88. The van der Waals surface area contributed by atoms with E-state index in [-0.39, 0.29) is 12.3 Å². The van der Waals surface area contributed by atoms with Crippen LogP contribution in [0.1, 0.15) is 21.7 Å². The maximum Gasteiger partial charge on any atom is 0.328 e. The summed E-state index contributed by atoms with van der Waals surface area (Å²) >= 11 is 0. The minimum absolute atomic E-state index is 0.276. The average Bonchev–Trinajstić information content (AvgIpc) is 3.08. The van der Waals surface area contributed by atoms with Crippen molar-refractivity contribution in [1.82, 2.24) is 25.1 Å². The zero-order valence-corrected chi connectivity index (χ0v) is 12.1. The van der Waals surface area contributed by atoms with Gasteiger partial charge in [-0.1, -0.05) is 0 Å². The van der Waals surface area contributed by atoms with Crippen molar-refractivity contribution in [3.05, 3.63) is 35.7 Å². The first kappa shape index (κ1) is 14.8. The van der Waals surface area contributed by atoms with Crippen molar-refractivity contribution < 1.29 is 14.3 Å². The van der Waals surface area contributed by atoms with Crippen molar-refractivity contribution in [2.75, 3.05) is 7.11 Å². The van der Waals surface area contributed by atoms with Crippen molar-refractivity contribution in [1.29, 1.82) is 0 Å². The molecule has 8 heteroatoms. The Morgan fingerprint density at radius 2 is 2.24 bits per heavy atom. The first-order chi connectivity index (χ1) is 10.0. The number of ether oxygens (including phenoxy) is 1. The Kier molecular flexibility index (Phi) is 4.36. The number of aryl methyl sites for hydroxylation is 1. The Morgan fingerprint density at radius 3 is 2.76 bits per heavy atom. The number of carbonyl (C=O) groups is 2. The summed E-state index contributed by atoms with van der Waals surface area (Å²) in [7, 11) is 3.03. The fourth-order valence-electron chi connectivity index (χ4n) is 1.91. The second-order valence-electron chi connectivity index (χ2n) is 4.60. The smallest absolute Gasteiger partial charge is 0.328 e. The number of rotatable bonds is 5. The van der Waals surface area contributed by atoms with E-state index in [9.17, 15) is 9.59 Å². The Bertz CT molecular complexity index is 632. The highest BCUT2D eigenvalue weighted by Gasteiger charge is 2.24. The van der Waals surface area contributed by atoms with Crippen LogP contribution in [0.2, 0.25) is 0 Å². The van der Waals surface area contributed by atoms with Crippen molar-refractivity contribution >= 4 is 11.9 Å². The molecule has 0 aliphatic carbocycles. The molecule has 0 radical (unpaired) electrons. The summed E-state index contributed by atoms with van der Waals surface area (Å²) in [4.78, 5) is 30.8. The summed E-state index contributed by atoms with van der Waals surface area (Å²) in [5, 5.41) is 6.67. The van der Waals surface area contributed by atoms with Crippen molar-refractivity contribution in [3.8, 4) is 0 Å². The summed E-state index contributed by atoms with van der Waals surface area (Å²) in [6.45, 7) is 1.78. The molecular weight excluding hydrogens is 274 g/mol. The number of imidazole rings is 1. The van der Waals surface area contributed by atoms with Gasteiger partial charge in [-0.25, -0.2) is 9.78 Å². The summed E-state index contributed by atoms with van der Waals surface area (Å²) in [6, 6.07) is -0.789. The molecule has 2 aromatic heterocycles. The van der Waals surface area contributed by atoms with E-state index in [2.05, 4.69) is 20.4 Å². The van der Waals surface area contributed by atoms with Gasteiger partial charge in [-0.05, 0) is 6.92 Å². The van der Waals surface area contributed by atoms with Crippen LogP contribution < -0.4 is 5.32 Å². The zero-order valence-electron chi connectivity index (χ0n) is 12.1. The predicted octanol–water partition coefficient (Wildman–Crippen LogP) is -0.0343. The van der Waals surface area contributed by atoms with Crippen LogP contribution in [0.15, 0.2) is 18.7 Å². The van der Waals surface area contributed by atoms with Gasteiger partial charge in [0.05, 0.1) is 25.2 Å². The van der Waals surface area contributed by atoms with Gasteiger partial charge in [0, 0.05) is 31.1 Å². The number of nitrogens with zero attached hydrogens (tertiary/aromatic N) is 3. The lowest BCUT2D eigenvalue weighted by Crippen LogP contribution is -2.43. The van der Waals surface area contributed by atoms with Crippen LogP contribution in [0.5, 0.6) is 0 Å². The van der Waals surface area contributed by atoms with Crippen LogP contribution >= 0.6 is 0 Å². The zero-order chi connectivity index (χ0) is 15.4. The monoisotopic (exact) mass is 291 g/mol. The van der Waals surface area contributed by atoms with E-state index < -0.39 is 12.0 Å². The van der Waals surface area contributed by atoms with E-state index in [1.54, 1.807) is 24.9 Å². The number of hydrogen-bond acceptors (Lipinski definition) is 5. The molecule has 0 saturated heterocycles. The number of carbonyl (C=O) groups excluding carboxylic acids is 2. The molecule has 0 aromatic carbocycles. The maximum atomic E-state index is 12.2. The number of aromatic nitrogens is 4. The number of H-pyrrole nitrogens is 1. The molecule has 112 valence electrons. The van der Waals surface area contributed by atoms with Crippen LogP contribution in [0.3, 0.4) is 0 Å². The average molecular weight is 291 g/mol. The molecule has 0 bridgehead atoms. The molecule has 2 N–H and O–H groups in total. The summed E-state index contributed by atoms with van der Waals surface area (Å²) in [6.07, 6.45) is 4.85. The van der Waals surface area contributed by atoms with E-state index in [4.69, 9.17) is 4.74 Å². The molecule has 2 aromatic rings. The molecule has 0 aliphatic heterocycles. The molecule has 0 aliphatic rings. The second-order valence-corrected chi connectivity index (χ2v) is 4.60. The SMILES string of the molecule is COC(=O)[C@H](Cc1cnc[nH]1)NC(=O)c1cnn(C)c1C. The van der Waals surface area contributed by atoms with E-state index in [0.29, 0.717) is 5.56 Å². The lowest BCUT2D eigenvalue weighted by Gasteiger charge is -2.15. The van der Waals surface area contributed by atoms with Gasteiger partial charge in [0.25, 0.3) is 5.91 Å². The van der Waals surface area contributed by atoms with Gasteiger partial charge in [-0.15, -0.1) is 0 Å². The first-order valence-corrected chi connectivity index (χ1v) is 6.37. The normalized spacial score (nSPS) is 12.0. The minimum Gasteiger partial charge on any atom is -0.467 e. The summed E-state index contributed by atoms with van der Waals surface area (Å²) in [5.74, 6) is -0.880. The number of nitrogens with one attached hydrogen (secondary N) is 2. The second kappa shape index (κ2) is 6.21. The molecule has 1 atom stereocenters. The fourth-order valence-corrected chi connectivity index (χ4v) is 1.91. The van der Waals surface area contributed by atoms with Crippen LogP contribution in [0, 0.1) is 6.92 Å². The van der Waals surface area contributed by atoms with Gasteiger partial charge < -0.3 is 15.0 Å². The molecule has 8 nitrogen and oxygen atoms in total. The predicted molar refractivity (Wildman–Crippen MR) is 73.5 cm³/mol. The number of amides is 1. The summed E-state index contributed by atoms with van der Waals surface area (Å²) < 4.78 is 6.32. The molecule has 0 spiro atoms. The van der Waals surface area contributed by atoms with Gasteiger partial charge in [0.1, 0.15) is 6.04 Å². The topological polar surface area (TPSA) is 102 Å². The lowest BCUT2D eigenvalue weighted by atomic mass is 10.1. The molecular formula is C13H17N5O3. The quantitative estimate of drug-likeness (QED) is 0.753. The molecule has 0 saturated carbocycles. The van der Waals surface area contributed by atoms with Crippen LogP contribution in [0.4, 0.5) is 0 Å². The number of aromatic amines is 1. The Balaban J connectivity index is 2.13. The van der Waals surface area contributed by atoms with Gasteiger partial charge in [-0.2, -0.15) is 5.10 Å². The van der Waals surface area contributed by atoms with Crippen molar-refractivity contribution in [2.45, 2.75) is 19.4 Å². The van der Waals surface area contributed by atoms with E-state index >= 15 is 0 Å². The lowest BCUT2D eigenvalue weighted by molar-refractivity contribution is -0.142. The van der Waals surface area contributed by atoms with Gasteiger partial charge >= 0.3 is 5.97 Å². The van der Waals surface area contributed by atoms with Crippen LogP contribution in [0.25, 0.3) is 0 Å². The third kappa shape index (κ3) is 3.28. The number of esters is 1. The van der Waals surface area contributed by atoms with E-state index in [1.165, 1.54) is 19.6 Å². The largest absolute Gasteiger partial charge is 0.467 e. The van der Waals surface area contributed by atoms with Crippen LogP contribution in [-0.4, -0.2) is 44.8 Å². The van der Waals surface area contributed by atoms with E-state index in [0.717, 1.165) is 11.4 Å². The molecule has 2 rings (SSSR count). The van der Waals surface area contributed by atoms with Gasteiger partial charge in [-0.3, -0.25) is 9.48 Å². The third-order valence-electron chi connectivity index (χ3n) is 3.25. The van der Waals surface area contributed by atoms with Crippen molar-refractivity contribution in [2.24, 2.45) is 7.05 Å². The van der Waals surface area contributed by atoms with E-state index in [1.807, 2.05) is 0 Å². The highest BCUT2D eigenvalue weighted by molar-refractivity contribution is 5.97. The molecule has 21 heavy (non-hydrogen) atoms. The first-order valence-electron chi connectivity index (χ1n) is 6.37. The molecule has 1 amide bonds. The maximum absolute atomic E-state index is 12.2. The van der Waals surface area contributed by atoms with Crippen LogP contribution in [-0.2, 0) is 23.0 Å². The number of methoxy groups -OCH3 is 1. The van der Waals surface area contributed by atoms with Gasteiger partial charge in [0.2, 0.25) is 0 Å². The highest BCUT2D eigenvalue weighted by atomic mass is 16.5. The molecule has 0 unspecified atom stereocenters. The molecule has 2 heterocycles. The van der Waals surface area contributed by atoms with Crippen molar-refractivity contribution in [3.63, 3.8) is 0 Å².